The molecular formula is C17H13ClN2O4. The molecule has 0 saturated heterocycles. The van der Waals surface area contributed by atoms with E-state index in [0.717, 1.165) is 6.29 Å². The third-order valence-electron chi connectivity index (χ3n) is 3.26. The Kier molecular flexibility index (Phi) is 4.77. The molecule has 0 saturated carbocycles. The molecule has 3 aromatic rings. The Morgan fingerprint density at radius 1 is 1.21 bits per heavy atom. The van der Waals surface area contributed by atoms with Crippen LogP contribution in [0.25, 0.3) is 11.4 Å². The Bertz CT molecular complexity index is 863. The van der Waals surface area contributed by atoms with Crippen molar-refractivity contribution in [3.63, 3.8) is 0 Å². The molecule has 7 heteroatoms. The van der Waals surface area contributed by atoms with Gasteiger partial charge >= 0.3 is 0 Å². The van der Waals surface area contributed by atoms with Gasteiger partial charge in [0.05, 0.1) is 12.1 Å². The molecule has 0 spiro atoms. The number of aromatic nitrogens is 2. The maximum absolute atomic E-state index is 10.9. The molecule has 0 aliphatic heterocycles. The fourth-order valence-electron chi connectivity index (χ4n) is 2.08. The monoisotopic (exact) mass is 344 g/mol. The second-order valence-electron chi connectivity index (χ2n) is 4.81. The molecular weight excluding hydrogens is 332 g/mol. The topological polar surface area (TPSA) is 74.5 Å². The summed E-state index contributed by atoms with van der Waals surface area (Å²) in [5.41, 5.74) is 1.16. The van der Waals surface area contributed by atoms with Crippen molar-refractivity contribution in [2.45, 2.75) is 6.61 Å². The highest BCUT2D eigenvalue weighted by Gasteiger charge is 2.13. The molecule has 0 aliphatic carbocycles. The lowest BCUT2D eigenvalue weighted by Crippen LogP contribution is -1.99. The van der Waals surface area contributed by atoms with Gasteiger partial charge in [-0.05, 0) is 30.3 Å². The van der Waals surface area contributed by atoms with Crippen molar-refractivity contribution in [3.05, 3.63) is 58.9 Å². The molecule has 0 fully saturated rings. The van der Waals surface area contributed by atoms with Crippen LogP contribution >= 0.6 is 11.6 Å². The quantitative estimate of drug-likeness (QED) is 0.633. The van der Waals surface area contributed by atoms with Crippen molar-refractivity contribution in [1.29, 1.82) is 0 Å². The van der Waals surface area contributed by atoms with Gasteiger partial charge in [-0.25, -0.2) is 0 Å². The van der Waals surface area contributed by atoms with E-state index in [1.54, 1.807) is 30.3 Å². The summed E-state index contributed by atoms with van der Waals surface area (Å²) in [6.07, 6.45) is 0.731. The first-order chi connectivity index (χ1) is 11.7. The third-order valence-corrected chi connectivity index (χ3v) is 3.59. The second-order valence-corrected chi connectivity index (χ2v) is 5.22. The van der Waals surface area contributed by atoms with Crippen LogP contribution in [0, 0.1) is 0 Å². The van der Waals surface area contributed by atoms with Gasteiger partial charge < -0.3 is 14.0 Å². The summed E-state index contributed by atoms with van der Waals surface area (Å²) in [5, 5.41) is 4.43. The minimum absolute atomic E-state index is 0.0378. The summed E-state index contributed by atoms with van der Waals surface area (Å²) in [6, 6.07) is 12.1. The highest BCUT2D eigenvalue weighted by molar-refractivity contribution is 6.33. The Hall–Kier alpha value is -2.86. The Balaban J connectivity index is 1.77. The Labute approximate surface area is 143 Å². The standard InChI is InChI=1S/C17H13ClN2O4/c1-22-14-7-6-11(9-21)8-15(14)23-10-16-19-17(20-24-16)12-4-2-3-5-13(12)18/h2-9H,10H2,1H3. The van der Waals surface area contributed by atoms with Gasteiger partial charge in [-0.15, -0.1) is 0 Å². The maximum Gasteiger partial charge on any atom is 0.264 e. The minimum atomic E-state index is 0.0378. The second kappa shape index (κ2) is 7.14. The fourth-order valence-corrected chi connectivity index (χ4v) is 2.30. The predicted molar refractivity (Wildman–Crippen MR) is 87.5 cm³/mol. The summed E-state index contributed by atoms with van der Waals surface area (Å²) in [5.74, 6) is 1.59. The lowest BCUT2D eigenvalue weighted by atomic mass is 10.2. The van der Waals surface area contributed by atoms with Gasteiger partial charge in [-0.1, -0.05) is 28.9 Å². The fraction of sp³-hybridized carbons (Fsp3) is 0.118. The van der Waals surface area contributed by atoms with Gasteiger partial charge in [0.25, 0.3) is 5.89 Å². The van der Waals surface area contributed by atoms with Crippen molar-refractivity contribution in [2.75, 3.05) is 7.11 Å². The highest BCUT2D eigenvalue weighted by atomic mass is 35.5. The highest BCUT2D eigenvalue weighted by Crippen LogP contribution is 2.29. The molecule has 0 radical (unpaired) electrons. The van der Waals surface area contributed by atoms with Crippen LogP contribution in [0.4, 0.5) is 0 Å². The number of ether oxygens (including phenoxy) is 2. The number of nitrogens with zero attached hydrogens (tertiary/aromatic N) is 2. The number of methoxy groups -OCH3 is 1. The molecule has 0 N–H and O–H groups in total. The molecule has 1 heterocycles. The van der Waals surface area contributed by atoms with Crippen LogP contribution in [0.15, 0.2) is 47.0 Å². The smallest absolute Gasteiger partial charge is 0.264 e. The summed E-state index contributed by atoms with van der Waals surface area (Å²) < 4.78 is 16.0. The third kappa shape index (κ3) is 3.38. The van der Waals surface area contributed by atoms with E-state index in [9.17, 15) is 4.79 Å². The number of rotatable bonds is 6. The van der Waals surface area contributed by atoms with Crippen LogP contribution in [0.3, 0.4) is 0 Å². The van der Waals surface area contributed by atoms with Crippen LogP contribution in [0.1, 0.15) is 16.2 Å². The summed E-state index contributed by atoms with van der Waals surface area (Å²) >= 11 is 6.11. The summed E-state index contributed by atoms with van der Waals surface area (Å²) in [4.78, 5) is 15.1. The molecule has 0 atom stereocenters. The van der Waals surface area contributed by atoms with Crippen molar-refractivity contribution in [1.82, 2.24) is 10.1 Å². The first-order valence-electron chi connectivity index (χ1n) is 7.04. The van der Waals surface area contributed by atoms with E-state index >= 15 is 0 Å². The number of hydrogen-bond acceptors (Lipinski definition) is 6. The summed E-state index contributed by atoms with van der Waals surface area (Å²) in [6.45, 7) is 0.0378. The van der Waals surface area contributed by atoms with Crippen molar-refractivity contribution in [2.24, 2.45) is 0 Å². The first-order valence-corrected chi connectivity index (χ1v) is 7.42. The molecule has 0 unspecified atom stereocenters. The van der Waals surface area contributed by atoms with Crippen molar-refractivity contribution in [3.8, 4) is 22.9 Å². The van der Waals surface area contributed by atoms with E-state index in [4.69, 9.17) is 25.6 Å². The van der Waals surface area contributed by atoms with Gasteiger partial charge in [0.15, 0.2) is 18.1 Å². The Morgan fingerprint density at radius 3 is 2.79 bits per heavy atom. The van der Waals surface area contributed by atoms with E-state index in [2.05, 4.69) is 10.1 Å². The molecule has 1 aromatic heterocycles. The zero-order valence-corrected chi connectivity index (χ0v) is 13.5. The first kappa shape index (κ1) is 16.0. The largest absolute Gasteiger partial charge is 0.493 e. The van der Waals surface area contributed by atoms with Gasteiger partial charge in [0.2, 0.25) is 5.82 Å². The number of carbonyl (C=O) groups is 1. The number of hydrogen-bond donors (Lipinski definition) is 0. The molecule has 3 rings (SSSR count). The van der Waals surface area contributed by atoms with Crippen LogP contribution in [-0.4, -0.2) is 23.5 Å². The molecule has 6 nitrogen and oxygen atoms in total. The van der Waals surface area contributed by atoms with E-state index < -0.39 is 0 Å². The van der Waals surface area contributed by atoms with Crippen molar-refractivity contribution < 1.29 is 18.8 Å². The van der Waals surface area contributed by atoms with E-state index in [1.807, 2.05) is 12.1 Å². The van der Waals surface area contributed by atoms with Gasteiger partial charge in [0.1, 0.15) is 6.29 Å². The van der Waals surface area contributed by atoms with E-state index in [1.165, 1.54) is 7.11 Å². The lowest BCUT2D eigenvalue weighted by molar-refractivity contribution is 0.112. The zero-order valence-electron chi connectivity index (χ0n) is 12.7. The summed E-state index contributed by atoms with van der Waals surface area (Å²) in [7, 11) is 1.52. The molecule has 122 valence electrons. The Morgan fingerprint density at radius 2 is 2.04 bits per heavy atom. The molecule has 2 aromatic carbocycles. The van der Waals surface area contributed by atoms with Crippen LogP contribution in [-0.2, 0) is 6.61 Å². The molecule has 0 bridgehead atoms. The van der Waals surface area contributed by atoms with Crippen molar-refractivity contribution >= 4 is 17.9 Å². The van der Waals surface area contributed by atoms with Gasteiger partial charge in [0, 0.05) is 11.1 Å². The SMILES string of the molecule is COc1ccc(C=O)cc1OCc1nc(-c2ccccc2Cl)no1. The van der Waals surface area contributed by atoms with E-state index in [-0.39, 0.29) is 12.5 Å². The van der Waals surface area contributed by atoms with Crippen LogP contribution in [0.5, 0.6) is 11.5 Å². The maximum atomic E-state index is 10.9. The normalized spacial score (nSPS) is 10.4. The van der Waals surface area contributed by atoms with Crippen LogP contribution < -0.4 is 9.47 Å². The molecule has 24 heavy (non-hydrogen) atoms. The number of benzene rings is 2. The predicted octanol–water partition coefficient (Wildman–Crippen LogP) is 3.79. The molecule has 0 aliphatic rings. The van der Waals surface area contributed by atoms with E-state index in [0.29, 0.717) is 33.5 Å². The van der Waals surface area contributed by atoms with Gasteiger partial charge in [-0.3, -0.25) is 4.79 Å². The van der Waals surface area contributed by atoms with Gasteiger partial charge in [-0.2, -0.15) is 4.98 Å². The number of halogens is 1. The zero-order chi connectivity index (χ0) is 16.9. The number of carbonyl (C=O) groups excluding carboxylic acids is 1. The van der Waals surface area contributed by atoms with Crippen LogP contribution in [0.2, 0.25) is 5.02 Å². The average Bonchev–Trinajstić information content (AvgIpc) is 3.08. The lowest BCUT2D eigenvalue weighted by Gasteiger charge is -2.09. The molecule has 0 amide bonds. The number of aldehydes is 1. The average molecular weight is 345 g/mol. The minimum Gasteiger partial charge on any atom is -0.493 e.